The van der Waals surface area contributed by atoms with E-state index < -0.39 is 0 Å². The van der Waals surface area contributed by atoms with Crippen LogP contribution >= 0.6 is 11.6 Å². The predicted octanol–water partition coefficient (Wildman–Crippen LogP) is 6.14. The molecule has 2 heterocycles. The molecule has 0 saturated carbocycles. The van der Waals surface area contributed by atoms with Crippen LogP contribution in [0.15, 0.2) is 65.2 Å². The molecule has 1 N–H and O–H groups in total. The van der Waals surface area contributed by atoms with Crippen molar-refractivity contribution in [1.29, 1.82) is 0 Å². The van der Waals surface area contributed by atoms with Gasteiger partial charge >= 0.3 is 0 Å². The maximum absolute atomic E-state index is 12.7. The number of nitrogens with one attached hydrogen (secondary N) is 1. The summed E-state index contributed by atoms with van der Waals surface area (Å²) in [4.78, 5) is 16.8. The van der Waals surface area contributed by atoms with Crippen LogP contribution in [0.5, 0.6) is 11.5 Å². The number of aryl methyl sites for hydroxylation is 2. The predicted molar refractivity (Wildman–Crippen MR) is 109 cm³/mol. The summed E-state index contributed by atoms with van der Waals surface area (Å²) in [5, 5.41) is 4.05. The number of aromatic nitrogens is 1. The van der Waals surface area contributed by atoms with Crippen LogP contribution in [0.25, 0.3) is 11.0 Å². The molecule has 0 spiro atoms. The summed E-state index contributed by atoms with van der Waals surface area (Å²) in [5.74, 6) is 2.06. The molecule has 2 aromatic carbocycles. The average molecular weight is 393 g/mol. The maximum Gasteiger partial charge on any atom is 0.257 e. The van der Waals surface area contributed by atoms with E-state index in [1.54, 1.807) is 24.3 Å². The van der Waals surface area contributed by atoms with Crippen LogP contribution < -0.4 is 10.1 Å². The molecule has 140 valence electrons. The average Bonchev–Trinajstić information content (AvgIpc) is 3.06. The summed E-state index contributed by atoms with van der Waals surface area (Å²) >= 11 is 5.84. The van der Waals surface area contributed by atoms with Crippen LogP contribution in [0.3, 0.4) is 0 Å². The van der Waals surface area contributed by atoms with Gasteiger partial charge in [-0.15, -0.1) is 0 Å². The van der Waals surface area contributed by atoms with Gasteiger partial charge in [0.1, 0.15) is 28.7 Å². The Morgan fingerprint density at radius 1 is 1.07 bits per heavy atom. The number of ether oxygens (including phenoxy) is 1. The van der Waals surface area contributed by atoms with Crippen LogP contribution in [-0.4, -0.2) is 10.9 Å². The fourth-order valence-corrected chi connectivity index (χ4v) is 2.93. The number of rotatable bonds is 4. The van der Waals surface area contributed by atoms with E-state index in [1.807, 2.05) is 44.2 Å². The smallest absolute Gasteiger partial charge is 0.257 e. The fraction of sp³-hybridized carbons (Fsp3) is 0.0909. The maximum atomic E-state index is 12.7. The van der Waals surface area contributed by atoms with Crippen molar-refractivity contribution in [2.75, 3.05) is 5.32 Å². The molecule has 28 heavy (non-hydrogen) atoms. The van der Waals surface area contributed by atoms with E-state index in [-0.39, 0.29) is 5.91 Å². The Kier molecular flexibility index (Phi) is 4.75. The summed E-state index contributed by atoms with van der Waals surface area (Å²) in [6.07, 6.45) is 1.47. The number of halogens is 1. The molecule has 0 radical (unpaired) electrons. The molecule has 4 rings (SSSR count). The highest BCUT2D eigenvalue weighted by atomic mass is 35.5. The molecule has 1 amide bonds. The normalized spacial score (nSPS) is 10.8. The highest BCUT2D eigenvalue weighted by Crippen LogP contribution is 2.34. The zero-order chi connectivity index (χ0) is 19.7. The first-order chi connectivity index (χ1) is 13.5. The van der Waals surface area contributed by atoms with Gasteiger partial charge in [-0.1, -0.05) is 29.3 Å². The number of carbonyl (C=O) groups excluding carboxylic acids is 1. The summed E-state index contributed by atoms with van der Waals surface area (Å²) in [7, 11) is 0. The third kappa shape index (κ3) is 3.85. The molecule has 0 unspecified atom stereocenters. The number of furan rings is 1. The zero-order valence-corrected chi connectivity index (χ0v) is 16.1. The zero-order valence-electron chi connectivity index (χ0n) is 15.3. The number of nitrogens with zero attached hydrogens (tertiary/aromatic N) is 1. The quantitative estimate of drug-likeness (QED) is 0.453. The Morgan fingerprint density at radius 3 is 2.57 bits per heavy atom. The number of hydrogen-bond acceptors (Lipinski definition) is 4. The third-order valence-corrected chi connectivity index (χ3v) is 4.43. The lowest BCUT2D eigenvalue weighted by Gasteiger charge is -2.10. The van der Waals surface area contributed by atoms with Crippen LogP contribution in [0.4, 0.5) is 5.82 Å². The number of fused-ring (bicyclic) bond motifs is 1. The molecular formula is C22H17ClN2O3. The number of benzene rings is 2. The fourth-order valence-electron chi connectivity index (χ4n) is 2.82. The minimum absolute atomic E-state index is 0.320. The second-order valence-electron chi connectivity index (χ2n) is 6.47. The minimum Gasteiger partial charge on any atom is -0.461 e. The minimum atomic E-state index is -0.320. The molecule has 0 aliphatic rings. The van der Waals surface area contributed by atoms with Gasteiger partial charge < -0.3 is 14.5 Å². The molecule has 0 aliphatic heterocycles. The monoisotopic (exact) mass is 392 g/mol. The topological polar surface area (TPSA) is 64.4 Å². The first-order valence-electron chi connectivity index (χ1n) is 8.69. The molecule has 0 aliphatic carbocycles. The molecule has 4 aromatic rings. The number of carbonyl (C=O) groups is 1. The van der Waals surface area contributed by atoms with Gasteiger partial charge in [0.05, 0.1) is 10.4 Å². The van der Waals surface area contributed by atoms with Crippen molar-refractivity contribution in [3.63, 3.8) is 0 Å². The van der Waals surface area contributed by atoms with Crippen LogP contribution in [-0.2, 0) is 0 Å². The first kappa shape index (κ1) is 18.1. The van der Waals surface area contributed by atoms with Crippen molar-refractivity contribution in [3.05, 3.63) is 82.7 Å². The van der Waals surface area contributed by atoms with E-state index in [2.05, 4.69) is 10.3 Å². The molecular weight excluding hydrogens is 376 g/mol. The van der Waals surface area contributed by atoms with Crippen molar-refractivity contribution in [2.45, 2.75) is 13.8 Å². The van der Waals surface area contributed by atoms with Crippen LogP contribution in [0.1, 0.15) is 21.7 Å². The Labute approximate surface area is 166 Å². The number of pyridine rings is 1. The van der Waals surface area contributed by atoms with Gasteiger partial charge in [-0.05, 0) is 56.3 Å². The van der Waals surface area contributed by atoms with Gasteiger partial charge in [-0.3, -0.25) is 4.79 Å². The molecule has 0 atom stereocenters. The SMILES string of the molecule is Cc1ccc(Oc2cc(C(=O)Nc3ccc(Cl)cn3)cc3oc(C)cc23)cc1. The van der Waals surface area contributed by atoms with Crippen LogP contribution in [0.2, 0.25) is 5.02 Å². The van der Waals surface area contributed by atoms with E-state index in [0.717, 1.165) is 16.7 Å². The second kappa shape index (κ2) is 7.37. The largest absolute Gasteiger partial charge is 0.461 e. The molecule has 5 nitrogen and oxygen atoms in total. The highest BCUT2D eigenvalue weighted by molar-refractivity contribution is 6.30. The summed E-state index contributed by atoms with van der Waals surface area (Å²) < 4.78 is 11.8. The molecule has 0 fully saturated rings. The van der Waals surface area contributed by atoms with E-state index in [0.29, 0.717) is 33.5 Å². The Hall–Kier alpha value is -3.31. The molecule has 0 bridgehead atoms. The standard InChI is InChI=1S/C22H17ClN2O3/c1-13-3-6-17(7-4-13)28-20-11-15(10-19-18(20)9-14(2)27-19)22(26)25-21-8-5-16(23)12-24-21/h3-12H,1-2H3,(H,24,25,26). The van der Waals surface area contributed by atoms with Crippen molar-refractivity contribution < 1.29 is 13.9 Å². The Balaban J connectivity index is 1.69. The van der Waals surface area contributed by atoms with Gasteiger partial charge in [0, 0.05) is 11.8 Å². The van der Waals surface area contributed by atoms with Gasteiger partial charge in [0.25, 0.3) is 5.91 Å². The molecule has 6 heteroatoms. The summed E-state index contributed by atoms with van der Waals surface area (Å²) in [6.45, 7) is 3.87. The van der Waals surface area contributed by atoms with E-state index in [1.165, 1.54) is 6.20 Å². The second-order valence-corrected chi connectivity index (χ2v) is 6.91. The van der Waals surface area contributed by atoms with E-state index >= 15 is 0 Å². The third-order valence-electron chi connectivity index (χ3n) is 4.20. The summed E-state index contributed by atoms with van der Waals surface area (Å²) in [5.41, 5.74) is 2.12. The van der Waals surface area contributed by atoms with Gasteiger partial charge in [0.2, 0.25) is 0 Å². The Bertz CT molecular complexity index is 1150. The van der Waals surface area contributed by atoms with Gasteiger partial charge in [0.15, 0.2) is 0 Å². The van der Waals surface area contributed by atoms with Crippen LogP contribution in [0, 0.1) is 13.8 Å². The number of amides is 1. The van der Waals surface area contributed by atoms with Gasteiger partial charge in [-0.25, -0.2) is 4.98 Å². The Morgan fingerprint density at radius 2 is 1.86 bits per heavy atom. The molecule has 2 aromatic heterocycles. The van der Waals surface area contributed by atoms with Crippen molar-refractivity contribution in [3.8, 4) is 11.5 Å². The van der Waals surface area contributed by atoms with Crippen molar-refractivity contribution >= 4 is 34.3 Å². The molecule has 0 saturated heterocycles. The lowest BCUT2D eigenvalue weighted by Crippen LogP contribution is -2.12. The van der Waals surface area contributed by atoms with E-state index in [4.69, 9.17) is 20.8 Å². The van der Waals surface area contributed by atoms with Gasteiger partial charge in [-0.2, -0.15) is 0 Å². The highest BCUT2D eigenvalue weighted by Gasteiger charge is 2.15. The number of anilines is 1. The lowest BCUT2D eigenvalue weighted by atomic mass is 10.1. The van der Waals surface area contributed by atoms with Crippen molar-refractivity contribution in [2.24, 2.45) is 0 Å². The van der Waals surface area contributed by atoms with Crippen molar-refractivity contribution in [1.82, 2.24) is 4.98 Å². The summed E-state index contributed by atoms with van der Waals surface area (Å²) in [6, 6.07) is 16.3. The lowest BCUT2D eigenvalue weighted by molar-refractivity contribution is 0.102. The number of hydrogen-bond donors (Lipinski definition) is 1. The van der Waals surface area contributed by atoms with E-state index in [9.17, 15) is 4.79 Å². The first-order valence-corrected chi connectivity index (χ1v) is 9.07.